The molecule has 1 N–H and O–H groups in total. The van der Waals surface area contributed by atoms with Crippen LogP contribution in [0.15, 0.2) is 11.6 Å². The van der Waals surface area contributed by atoms with Gasteiger partial charge >= 0.3 is 0 Å². The first-order valence-electron chi connectivity index (χ1n) is 4.65. The number of nitrogens with zero attached hydrogens (tertiary/aromatic N) is 1. The maximum absolute atomic E-state index is 5.69. The maximum atomic E-state index is 5.69. The highest BCUT2D eigenvalue weighted by Gasteiger charge is 2.13. The van der Waals surface area contributed by atoms with Crippen LogP contribution in [0.2, 0.25) is 0 Å². The van der Waals surface area contributed by atoms with Gasteiger partial charge < -0.3 is 10.2 Å². The zero-order valence-electron chi connectivity index (χ0n) is 9.10. The van der Waals surface area contributed by atoms with Crippen LogP contribution < -0.4 is 5.32 Å². The third-order valence-corrected chi connectivity index (χ3v) is 2.06. The number of likely N-dealkylation sites (N-methyl/N-ethyl adjacent to an activating group) is 1. The molecule has 0 saturated carbocycles. The quantitative estimate of drug-likeness (QED) is 0.711. The van der Waals surface area contributed by atoms with E-state index in [9.17, 15) is 0 Å². The van der Waals surface area contributed by atoms with Crippen LogP contribution in [-0.2, 0) is 0 Å². The van der Waals surface area contributed by atoms with Crippen LogP contribution in [0.1, 0.15) is 13.8 Å². The molecule has 0 fully saturated rings. The van der Waals surface area contributed by atoms with Gasteiger partial charge in [0.15, 0.2) is 0 Å². The summed E-state index contributed by atoms with van der Waals surface area (Å²) in [5.74, 6) is 0.610. The normalized spacial score (nSPS) is 13.8. The molecule has 3 heteroatoms. The van der Waals surface area contributed by atoms with Gasteiger partial charge in [-0.25, -0.2) is 0 Å². The van der Waals surface area contributed by atoms with Crippen molar-refractivity contribution in [2.24, 2.45) is 5.92 Å². The SMILES string of the molecule is C=C(Cl)CNC(CN(C)C)C(C)C. The Morgan fingerprint density at radius 1 is 1.46 bits per heavy atom. The minimum atomic E-state index is 0.477. The molecule has 0 rings (SSSR count). The van der Waals surface area contributed by atoms with Crippen molar-refractivity contribution in [1.29, 1.82) is 0 Å². The Balaban J connectivity index is 3.87. The lowest BCUT2D eigenvalue weighted by atomic mass is 10.0. The molecule has 0 aromatic heterocycles. The van der Waals surface area contributed by atoms with Crippen LogP contribution in [0.25, 0.3) is 0 Å². The zero-order valence-corrected chi connectivity index (χ0v) is 9.86. The molecule has 0 saturated heterocycles. The van der Waals surface area contributed by atoms with E-state index < -0.39 is 0 Å². The molecule has 2 nitrogen and oxygen atoms in total. The van der Waals surface area contributed by atoms with E-state index in [0.29, 0.717) is 23.5 Å². The molecule has 0 radical (unpaired) electrons. The highest BCUT2D eigenvalue weighted by atomic mass is 35.5. The summed E-state index contributed by atoms with van der Waals surface area (Å²) in [7, 11) is 4.15. The van der Waals surface area contributed by atoms with Gasteiger partial charge in [-0.3, -0.25) is 0 Å². The van der Waals surface area contributed by atoms with Crippen LogP contribution in [0, 0.1) is 5.92 Å². The van der Waals surface area contributed by atoms with E-state index >= 15 is 0 Å². The predicted molar refractivity (Wildman–Crippen MR) is 60.2 cm³/mol. The van der Waals surface area contributed by atoms with Crippen molar-refractivity contribution in [1.82, 2.24) is 10.2 Å². The van der Waals surface area contributed by atoms with Crippen LogP contribution >= 0.6 is 11.6 Å². The van der Waals surface area contributed by atoms with Crippen LogP contribution in [0.5, 0.6) is 0 Å². The number of halogens is 1. The van der Waals surface area contributed by atoms with Crippen molar-refractivity contribution >= 4 is 11.6 Å². The third kappa shape index (κ3) is 7.05. The van der Waals surface area contributed by atoms with E-state index in [1.807, 2.05) is 0 Å². The highest BCUT2D eigenvalue weighted by molar-refractivity contribution is 6.29. The van der Waals surface area contributed by atoms with Crippen LogP contribution in [0.3, 0.4) is 0 Å². The van der Waals surface area contributed by atoms with Gasteiger partial charge in [0.05, 0.1) is 0 Å². The number of hydrogen-bond donors (Lipinski definition) is 1. The van der Waals surface area contributed by atoms with E-state index in [2.05, 4.69) is 44.7 Å². The topological polar surface area (TPSA) is 15.3 Å². The summed E-state index contributed by atoms with van der Waals surface area (Å²) >= 11 is 5.69. The minimum absolute atomic E-state index is 0.477. The van der Waals surface area contributed by atoms with Gasteiger partial charge in [0.2, 0.25) is 0 Å². The molecule has 78 valence electrons. The molecular formula is C10H21ClN2. The first-order valence-corrected chi connectivity index (χ1v) is 5.02. The van der Waals surface area contributed by atoms with Gasteiger partial charge in [-0.1, -0.05) is 32.0 Å². The molecule has 0 spiro atoms. The fourth-order valence-corrected chi connectivity index (χ4v) is 1.22. The molecule has 0 bridgehead atoms. The Bertz CT molecular complexity index is 155. The monoisotopic (exact) mass is 204 g/mol. The number of rotatable bonds is 6. The van der Waals surface area contributed by atoms with E-state index in [1.165, 1.54) is 0 Å². The molecule has 0 aliphatic rings. The number of hydrogen-bond acceptors (Lipinski definition) is 2. The molecule has 0 aromatic rings. The molecule has 13 heavy (non-hydrogen) atoms. The maximum Gasteiger partial charge on any atom is 0.0310 e. The van der Waals surface area contributed by atoms with Crippen molar-refractivity contribution in [3.63, 3.8) is 0 Å². The zero-order chi connectivity index (χ0) is 10.4. The average Bonchev–Trinajstić information content (AvgIpc) is 1.96. The lowest BCUT2D eigenvalue weighted by molar-refractivity contribution is 0.295. The second kappa shape index (κ2) is 6.41. The van der Waals surface area contributed by atoms with Crippen molar-refractivity contribution in [2.75, 3.05) is 27.2 Å². The fourth-order valence-electron chi connectivity index (χ4n) is 1.15. The van der Waals surface area contributed by atoms with Gasteiger partial charge in [0.25, 0.3) is 0 Å². The molecule has 0 heterocycles. The molecule has 0 aromatic carbocycles. The molecule has 0 amide bonds. The number of nitrogens with one attached hydrogen (secondary N) is 1. The second-order valence-electron chi connectivity index (χ2n) is 4.01. The largest absolute Gasteiger partial charge is 0.308 e. The van der Waals surface area contributed by atoms with E-state index in [1.54, 1.807) is 0 Å². The van der Waals surface area contributed by atoms with Crippen molar-refractivity contribution in [3.8, 4) is 0 Å². The van der Waals surface area contributed by atoms with Gasteiger partial charge in [0, 0.05) is 24.2 Å². The summed E-state index contributed by atoms with van der Waals surface area (Å²) in [5, 5.41) is 4.05. The summed E-state index contributed by atoms with van der Waals surface area (Å²) in [6.07, 6.45) is 0. The van der Waals surface area contributed by atoms with Gasteiger partial charge in [0.1, 0.15) is 0 Å². The second-order valence-corrected chi connectivity index (χ2v) is 4.55. The lowest BCUT2D eigenvalue weighted by Gasteiger charge is -2.25. The molecule has 1 atom stereocenters. The summed E-state index contributed by atoms with van der Waals surface area (Å²) in [6, 6.07) is 0.477. The average molecular weight is 205 g/mol. The predicted octanol–water partition coefficient (Wildman–Crippen LogP) is 1.91. The van der Waals surface area contributed by atoms with E-state index in [4.69, 9.17) is 11.6 Å². The van der Waals surface area contributed by atoms with Crippen LogP contribution in [-0.4, -0.2) is 38.1 Å². The van der Waals surface area contributed by atoms with Gasteiger partial charge in [-0.05, 0) is 20.0 Å². The molecular weight excluding hydrogens is 184 g/mol. The highest BCUT2D eigenvalue weighted by Crippen LogP contribution is 2.04. The Morgan fingerprint density at radius 2 is 2.00 bits per heavy atom. The van der Waals surface area contributed by atoms with Gasteiger partial charge in [-0.2, -0.15) is 0 Å². The van der Waals surface area contributed by atoms with Gasteiger partial charge in [-0.15, -0.1) is 0 Å². The summed E-state index contributed by atoms with van der Waals surface area (Å²) in [5.41, 5.74) is 0. The smallest absolute Gasteiger partial charge is 0.0310 e. The fraction of sp³-hybridized carbons (Fsp3) is 0.800. The summed E-state index contributed by atoms with van der Waals surface area (Å²) in [4.78, 5) is 2.18. The van der Waals surface area contributed by atoms with E-state index in [0.717, 1.165) is 6.54 Å². The van der Waals surface area contributed by atoms with Crippen molar-refractivity contribution in [3.05, 3.63) is 11.6 Å². The Morgan fingerprint density at radius 3 is 2.31 bits per heavy atom. The first kappa shape index (κ1) is 12.9. The summed E-state index contributed by atoms with van der Waals surface area (Å²) < 4.78 is 0. The first-order chi connectivity index (χ1) is 5.93. The van der Waals surface area contributed by atoms with E-state index in [-0.39, 0.29) is 0 Å². The summed E-state index contributed by atoms with van der Waals surface area (Å²) in [6.45, 7) is 9.79. The standard InChI is InChI=1S/C10H21ClN2/c1-8(2)10(7-13(4)5)12-6-9(3)11/h8,10,12H,3,6-7H2,1-2,4-5H3. The van der Waals surface area contributed by atoms with Crippen molar-refractivity contribution < 1.29 is 0 Å². The van der Waals surface area contributed by atoms with Crippen LogP contribution in [0.4, 0.5) is 0 Å². The Labute approximate surface area is 86.9 Å². The Kier molecular flexibility index (Phi) is 6.39. The third-order valence-electron chi connectivity index (χ3n) is 1.92. The minimum Gasteiger partial charge on any atom is -0.308 e. The lowest BCUT2D eigenvalue weighted by Crippen LogP contribution is -2.42. The molecule has 1 unspecified atom stereocenters. The Hall–Kier alpha value is -0.0500. The molecule has 0 aliphatic carbocycles. The van der Waals surface area contributed by atoms with Crippen molar-refractivity contribution in [2.45, 2.75) is 19.9 Å². The molecule has 0 aliphatic heterocycles.